The van der Waals surface area contributed by atoms with E-state index in [9.17, 15) is 22.8 Å². The third-order valence-electron chi connectivity index (χ3n) is 5.60. The normalized spacial score (nSPS) is 19.3. The molecule has 1 aliphatic carbocycles. The van der Waals surface area contributed by atoms with E-state index in [1.807, 2.05) is 0 Å². The van der Waals surface area contributed by atoms with Crippen LogP contribution in [0.25, 0.3) is 0 Å². The predicted molar refractivity (Wildman–Crippen MR) is 93.6 cm³/mol. The molecule has 0 radical (unpaired) electrons. The van der Waals surface area contributed by atoms with E-state index in [0.717, 1.165) is 25.2 Å². The van der Waals surface area contributed by atoms with Crippen molar-refractivity contribution in [1.82, 2.24) is 9.47 Å². The number of carbonyl (C=O) groups is 1. The molecule has 0 atom stereocenters. The standard InChI is InChI=1S/C19H25F3N2O3/c1-2-27-17(26)14-6-7-15(19(20,21)22)24(16(14)25)11-5-10-23-12-18(13-23)8-3-4-9-18/h6-7H,2-5,8-13H2,1H3. The van der Waals surface area contributed by atoms with Crippen molar-refractivity contribution in [3.63, 3.8) is 0 Å². The Morgan fingerprint density at radius 2 is 1.85 bits per heavy atom. The van der Waals surface area contributed by atoms with E-state index in [4.69, 9.17) is 4.74 Å². The number of hydrogen-bond acceptors (Lipinski definition) is 4. The van der Waals surface area contributed by atoms with Gasteiger partial charge in [-0.25, -0.2) is 4.79 Å². The number of likely N-dealkylation sites (tertiary alicyclic amines) is 1. The third-order valence-corrected chi connectivity index (χ3v) is 5.60. The van der Waals surface area contributed by atoms with E-state index in [-0.39, 0.29) is 18.7 Å². The van der Waals surface area contributed by atoms with Gasteiger partial charge in [0.25, 0.3) is 5.56 Å². The summed E-state index contributed by atoms with van der Waals surface area (Å²) in [6, 6.07) is 1.68. The summed E-state index contributed by atoms with van der Waals surface area (Å²) in [5.74, 6) is -0.893. The molecule has 27 heavy (non-hydrogen) atoms. The Bertz CT molecular complexity index is 744. The van der Waals surface area contributed by atoms with Gasteiger partial charge in [-0.15, -0.1) is 0 Å². The Hall–Kier alpha value is -1.83. The largest absolute Gasteiger partial charge is 0.462 e. The van der Waals surface area contributed by atoms with Crippen LogP contribution in [-0.4, -0.2) is 41.7 Å². The molecule has 1 spiro atoms. The van der Waals surface area contributed by atoms with Gasteiger partial charge in [-0.2, -0.15) is 13.2 Å². The lowest BCUT2D eigenvalue weighted by molar-refractivity contribution is -0.144. The summed E-state index contributed by atoms with van der Waals surface area (Å²) in [7, 11) is 0. The molecule has 1 aromatic rings. The SMILES string of the molecule is CCOC(=O)c1ccc(C(F)(F)F)n(CCCN2CC3(CCCC3)C2)c1=O. The van der Waals surface area contributed by atoms with E-state index < -0.39 is 23.4 Å². The van der Waals surface area contributed by atoms with Crippen molar-refractivity contribution in [2.24, 2.45) is 5.41 Å². The Morgan fingerprint density at radius 3 is 2.44 bits per heavy atom. The van der Waals surface area contributed by atoms with Gasteiger partial charge in [0.15, 0.2) is 0 Å². The van der Waals surface area contributed by atoms with Gasteiger partial charge in [0.05, 0.1) is 6.61 Å². The number of alkyl halides is 3. The van der Waals surface area contributed by atoms with Crippen LogP contribution in [0.1, 0.15) is 55.1 Å². The Labute approximate surface area is 156 Å². The summed E-state index contributed by atoms with van der Waals surface area (Å²) in [5, 5.41) is 0. The zero-order chi connectivity index (χ0) is 19.7. The van der Waals surface area contributed by atoms with Crippen molar-refractivity contribution >= 4 is 5.97 Å². The van der Waals surface area contributed by atoms with Crippen LogP contribution < -0.4 is 5.56 Å². The van der Waals surface area contributed by atoms with Crippen LogP contribution in [0.4, 0.5) is 13.2 Å². The lowest BCUT2D eigenvalue weighted by Gasteiger charge is -2.48. The van der Waals surface area contributed by atoms with Crippen LogP contribution in [-0.2, 0) is 17.5 Å². The van der Waals surface area contributed by atoms with Crippen molar-refractivity contribution in [3.05, 3.63) is 33.7 Å². The monoisotopic (exact) mass is 386 g/mol. The second-order valence-corrected chi connectivity index (χ2v) is 7.58. The first-order valence-corrected chi connectivity index (χ1v) is 9.46. The van der Waals surface area contributed by atoms with Gasteiger partial charge in [-0.1, -0.05) is 12.8 Å². The highest BCUT2D eigenvalue weighted by atomic mass is 19.4. The number of esters is 1. The van der Waals surface area contributed by atoms with E-state index >= 15 is 0 Å². The second kappa shape index (κ2) is 7.66. The highest BCUT2D eigenvalue weighted by Gasteiger charge is 2.44. The highest BCUT2D eigenvalue weighted by molar-refractivity contribution is 5.88. The molecule has 1 aliphatic heterocycles. The van der Waals surface area contributed by atoms with Crippen molar-refractivity contribution in [3.8, 4) is 0 Å². The van der Waals surface area contributed by atoms with Crippen molar-refractivity contribution in [1.29, 1.82) is 0 Å². The lowest BCUT2D eigenvalue weighted by Crippen LogP contribution is -2.55. The minimum atomic E-state index is -4.66. The summed E-state index contributed by atoms with van der Waals surface area (Å²) < 4.78 is 45.3. The van der Waals surface area contributed by atoms with E-state index in [1.165, 1.54) is 25.7 Å². The molecule has 8 heteroatoms. The third kappa shape index (κ3) is 4.20. The van der Waals surface area contributed by atoms with Crippen LogP contribution in [0.5, 0.6) is 0 Å². The minimum absolute atomic E-state index is 0.0516. The van der Waals surface area contributed by atoms with Gasteiger partial charge < -0.3 is 14.2 Å². The molecular formula is C19H25F3N2O3. The lowest BCUT2D eigenvalue weighted by atomic mass is 9.78. The Kier molecular flexibility index (Phi) is 5.65. The number of hydrogen-bond donors (Lipinski definition) is 0. The number of pyridine rings is 1. The molecule has 1 saturated carbocycles. The molecule has 150 valence electrons. The minimum Gasteiger partial charge on any atom is -0.462 e. The molecule has 1 aromatic heterocycles. The fourth-order valence-corrected chi connectivity index (χ4v) is 4.37. The van der Waals surface area contributed by atoms with Gasteiger partial charge in [-0.3, -0.25) is 4.79 Å². The maximum atomic E-state index is 13.3. The van der Waals surface area contributed by atoms with Gasteiger partial charge in [0.1, 0.15) is 11.3 Å². The summed E-state index contributed by atoms with van der Waals surface area (Å²) in [4.78, 5) is 26.5. The number of aromatic nitrogens is 1. The molecular weight excluding hydrogens is 361 g/mol. The summed E-state index contributed by atoms with van der Waals surface area (Å²) in [6.07, 6.45) is 0.769. The van der Waals surface area contributed by atoms with E-state index in [2.05, 4.69) is 4.90 Å². The molecule has 0 N–H and O–H groups in total. The molecule has 1 saturated heterocycles. The average molecular weight is 386 g/mol. The molecule has 2 heterocycles. The Balaban J connectivity index is 1.69. The number of halogens is 3. The molecule has 5 nitrogen and oxygen atoms in total. The smallest absolute Gasteiger partial charge is 0.431 e. The molecule has 0 bridgehead atoms. The maximum absolute atomic E-state index is 13.3. The van der Waals surface area contributed by atoms with Crippen LogP contribution in [0.2, 0.25) is 0 Å². The first-order valence-electron chi connectivity index (χ1n) is 9.46. The first kappa shape index (κ1) is 19.9. The second-order valence-electron chi connectivity index (χ2n) is 7.58. The summed E-state index contributed by atoms with van der Waals surface area (Å²) in [5.41, 5.74) is -1.91. The van der Waals surface area contributed by atoms with Crippen LogP contribution in [0.3, 0.4) is 0 Å². The molecule has 0 unspecified atom stereocenters. The quantitative estimate of drug-likeness (QED) is 0.704. The van der Waals surface area contributed by atoms with Crippen molar-refractivity contribution < 1.29 is 22.7 Å². The Morgan fingerprint density at radius 1 is 1.19 bits per heavy atom. The van der Waals surface area contributed by atoms with Crippen molar-refractivity contribution in [2.75, 3.05) is 26.2 Å². The molecule has 0 aromatic carbocycles. The number of ether oxygens (including phenoxy) is 1. The van der Waals surface area contributed by atoms with Gasteiger partial charge in [0, 0.05) is 19.6 Å². The number of carbonyl (C=O) groups excluding carboxylic acids is 1. The van der Waals surface area contributed by atoms with Crippen molar-refractivity contribution in [2.45, 2.75) is 51.7 Å². The summed E-state index contributed by atoms with van der Waals surface area (Å²) >= 11 is 0. The number of nitrogens with zero attached hydrogens (tertiary/aromatic N) is 2. The average Bonchev–Trinajstić information content (AvgIpc) is 3.04. The van der Waals surface area contributed by atoms with Gasteiger partial charge in [-0.05, 0) is 50.3 Å². The maximum Gasteiger partial charge on any atom is 0.431 e. The van der Waals surface area contributed by atoms with Gasteiger partial charge >= 0.3 is 12.1 Å². The first-order chi connectivity index (χ1) is 12.8. The predicted octanol–water partition coefficient (Wildman–Crippen LogP) is 3.31. The van der Waals surface area contributed by atoms with Crippen LogP contribution in [0.15, 0.2) is 16.9 Å². The van der Waals surface area contributed by atoms with E-state index in [0.29, 0.717) is 22.9 Å². The van der Waals surface area contributed by atoms with E-state index in [1.54, 1.807) is 6.92 Å². The topological polar surface area (TPSA) is 51.5 Å². The fourth-order valence-electron chi connectivity index (χ4n) is 4.37. The highest BCUT2D eigenvalue weighted by Crippen LogP contribution is 2.45. The zero-order valence-corrected chi connectivity index (χ0v) is 15.5. The molecule has 2 fully saturated rings. The van der Waals surface area contributed by atoms with Gasteiger partial charge in [0.2, 0.25) is 0 Å². The molecule has 3 rings (SSSR count). The van der Waals surface area contributed by atoms with Crippen LogP contribution in [0, 0.1) is 5.41 Å². The number of rotatable bonds is 6. The van der Waals surface area contributed by atoms with Crippen LogP contribution >= 0.6 is 0 Å². The zero-order valence-electron chi connectivity index (χ0n) is 15.5. The summed E-state index contributed by atoms with van der Waals surface area (Å²) in [6.45, 7) is 4.19. The molecule has 2 aliphatic rings. The fraction of sp³-hybridized carbons (Fsp3) is 0.684. The molecule has 0 amide bonds.